The van der Waals surface area contributed by atoms with E-state index in [0.717, 1.165) is 0 Å². The third kappa shape index (κ3) is 4.39. The van der Waals surface area contributed by atoms with Gasteiger partial charge in [0.2, 0.25) is 0 Å². The van der Waals surface area contributed by atoms with Gasteiger partial charge in [-0.05, 0) is 13.8 Å². The average Bonchev–Trinajstić information content (AvgIpc) is 1.87. The van der Waals surface area contributed by atoms with Crippen LogP contribution >= 0.6 is 0 Å². The second kappa shape index (κ2) is 4.73. The molecule has 0 fully saturated rings. The molecule has 0 saturated heterocycles. The summed E-state index contributed by atoms with van der Waals surface area (Å²) in [4.78, 5) is 0. The summed E-state index contributed by atoms with van der Waals surface area (Å²) < 4.78 is 9.87. The Morgan fingerprint density at radius 3 is 2.33 bits per heavy atom. The molecular weight excluding hydrogens is 120 g/mol. The van der Waals surface area contributed by atoms with Gasteiger partial charge >= 0.3 is 0 Å². The van der Waals surface area contributed by atoms with Crippen molar-refractivity contribution in [3.63, 3.8) is 0 Å². The lowest BCUT2D eigenvalue weighted by molar-refractivity contribution is -0.148. The van der Waals surface area contributed by atoms with E-state index in [9.17, 15) is 0 Å². The number of hydrogen-bond donors (Lipinski definition) is 1. The molecule has 1 N–H and O–H groups in total. The van der Waals surface area contributed by atoms with Gasteiger partial charge in [-0.2, -0.15) is 0 Å². The Bertz CT molecular complexity index is 57.3. The molecule has 9 heavy (non-hydrogen) atoms. The van der Waals surface area contributed by atoms with E-state index in [1.807, 2.05) is 0 Å². The molecule has 0 aliphatic carbocycles. The molecule has 0 heterocycles. The van der Waals surface area contributed by atoms with E-state index in [4.69, 9.17) is 14.6 Å². The van der Waals surface area contributed by atoms with Crippen LogP contribution in [-0.2, 0) is 9.47 Å². The first kappa shape index (κ1) is 8.88. The molecule has 0 spiro atoms. The van der Waals surface area contributed by atoms with Crippen molar-refractivity contribution < 1.29 is 14.6 Å². The number of rotatable bonds is 4. The Labute approximate surface area is 55.6 Å². The summed E-state index contributed by atoms with van der Waals surface area (Å²) in [6.07, 6.45) is -0.368. The maximum Gasteiger partial charge on any atom is 0.154 e. The third-order valence-electron chi connectivity index (χ3n) is 1.01. The van der Waals surface area contributed by atoms with Gasteiger partial charge in [0.05, 0.1) is 12.7 Å². The lowest BCUT2D eigenvalue weighted by Crippen LogP contribution is -2.21. The summed E-state index contributed by atoms with van der Waals surface area (Å²) in [6, 6.07) is 0. The summed E-state index contributed by atoms with van der Waals surface area (Å²) in [5.41, 5.74) is 0. The van der Waals surface area contributed by atoms with Gasteiger partial charge in [-0.15, -0.1) is 0 Å². The second-order valence-corrected chi connectivity index (χ2v) is 1.93. The van der Waals surface area contributed by atoms with Gasteiger partial charge in [0.25, 0.3) is 0 Å². The number of aliphatic hydroxyl groups is 1. The Hall–Kier alpha value is -0.120. The second-order valence-electron chi connectivity index (χ2n) is 1.93. The van der Waals surface area contributed by atoms with Crippen molar-refractivity contribution >= 4 is 0 Å². The fourth-order valence-electron chi connectivity index (χ4n) is 0.426. The average molecular weight is 134 g/mol. The maximum absolute atomic E-state index is 8.50. The van der Waals surface area contributed by atoms with Crippen molar-refractivity contribution in [1.29, 1.82) is 0 Å². The molecule has 0 saturated carbocycles. The summed E-state index contributed by atoms with van der Waals surface area (Å²) >= 11 is 0. The van der Waals surface area contributed by atoms with Crippen molar-refractivity contribution in [2.45, 2.75) is 26.2 Å². The zero-order valence-corrected chi connectivity index (χ0v) is 6.13. The summed E-state index contributed by atoms with van der Waals surface area (Å²) in [5.74, 6) is 0. The van der Waals surface area contributed by atoms with Crippen molar-refractivity contribution in [2.75, 3.05) is 13.7 Å². The normalized spacial score (nSPS) is 17.3. The molecule has 0 aromatic carbocycles. The molecule has 3 nitrogen and oxygen atoms in total. The van der Waals surface area contributed by atoms with Gasteiger partial charge in [-0.1, -0.05) is 0 Å². The fraction of sp³-hybridized carbons (Fsp3) is 1.00. The Balaban J connectivity index is 3.22. The van der Waals surface area contributed by atoms with E-state index in [2.05, 4.69) is 0 Å². The smallest absolute Gasteiger partial charge is 0.154 e. The minimum atomic E-state index is -0.229. The lowest BCUT2D eigenvalue weighted by atomic mass is 10.4. The van der Waals surface area contributed by atoms with E-state index in [-0.39, 0.29) is 19.0 Å². The number of ether oxygens (including phenoxy) is 2. The van der Waals surface area contributed by atoms with Crippen LogP contribution in [-0.4, -0.2) is 31.2 Å². The Morgan fingerprint density at radius 2 is 2.00 bits per heavy atom. The summed E-state index contributed by atoms with van der Waals surface area (Å²) in [7, 11) is 1.56. The molecule has 0 bridgehead atoms. The molecule has 2 atom stereocenters. The zero-order valence-electron chi connectivity index (χ0n) is 6.13. The predicted molar refractivity (Wildman–Crippen MR) is 34.1 cm³/mol. The highest BCUT2D eigenvalue weighted by molar-refractivity contribution is 4.44. The molecule has 0 aliphatic heterocycles. The van der Waals surface area contributed by atoms with Crippen LogP contribution in [0, 0.1) is 0 Å². The SMILES string of the molecule is COC(C)O[C@@H](C)CO. The van der Waals surface area contributed by atoms with Crippen molar-refractivity contribution in [3.8, 4) is 0 Å². The number of methoxy groups -OCH3 is 1. The highest BCUT2D eigenvalue weighted by Crippen LogP contribution is 1.96. The predicted octanol–water partition coefficient (Wildman–Crippen LogP) is 0.376. The Kier molecular flexibility index (Phi) is 4.67. The maximum atomic E-state index is 8.50. The topological polar surface area (TPSA) is 38.7 Å². The van der Waals surface area contributed by atoms with Crippen LogP contribution in [0.25, 0.3) is 0 Å². The first-order valence-corrected chi connectivity index (χ1v) is 2.99. The fourth-order valence-corrected chi connectivity index (χ4v) is 0.426. The highest BCUT2D eigenvalue weighted by atomic mass is 16.7. The molecule has 56 valence electrons. The van der Waals surface area contributed by atoms with Crippen LogP contribution in [0.5, 0.6) is 0 Å². The van der Waals surface area contributed by atoms with Crippen molar-refractivity contribution in [2.24, 2.45) is 0 Å². The van der Waals surface area contributed by atoms with Crippen LogP contribution in [0.2, 0.25) is 0 Å². The minimum absolute atomic E-state index is 0.0354. The van der Waals surface area contributed by atoms with Gasteiger partial charge < -0.3 is 14.6 Å². The van der Waals surface area contributed by atoms with Crippen LogP contribution < -0.4 is 0 Å². The monoisotopic (exact) mass is 134 g/mol. The lowest BCUT2D eigenvalue weighted by Gasteiger charge is -2.14. The van der Waals surface area contributed by atoms with Crippen molar-refractivity contribution in [3.05, 3.63) is 0 Å². The number of aliphatic hydroxyl groups excluding tert-OH is 1. The van der Waals surface area contributed by atoms with E-state index in [1.54, 1.807) is 21.0 Å². The van der Waals surface area contributed by atoms with E-state index in [0.29, 0.717) is 0 Å². The quantitative estimate of drug-likeness (QED) is 0.565. The van der Waals surface area contributed by atoms with Gasteiger partial charge in [-0.3, -0.25) is 0 Å². The molecule has 0 aromatic heterocycles. The van der Waals surface area contributed by atoms with Gasteiger partial charge in [0, 0.05) is 7.11 Å². The van der Waals surface area contributed by atoms with Crippen molar-refractivity contribution in [1.82, 2.24) is 0 Å². The van der Waals surface area contributed by atoms with E-state index >= 15 is 0 Å². The van der Waals surface area contributed by atoms with Crippen LogP contribution in [0.1, 0.15) is 13.8 Å². The van der Waals surface area contributed by atoms with Gasteiger partial charge in [0.1, 0.15) is 0 Å². The largest absolute Gasteiger partial charge is 0.394 e. The molecule has 3 heteroatoms. The Morgan fingerprint density at radius 1 is 1.44 bits per heavy atom. The molecule has 0 aromatic rings. The molecular formula is C6H14O3. The highest BCUT2D eigenvalue weighted by Gasteiger charge is 2.04. The van der Waals surface area contributed by atoms with E-state index < -0.39 is 0 Å². The first-order valence-electron chi connectivity index (χ1n) is 2.99. The number of hydrogen-bond acceptors (Lipinski definition) is 3. The van der Waals surface area contributed by atoms with Crippen LogP contribution in [0.3, 0.4) is 0 Å². The molecule has 0 radical (unpaired) electrons. The minimum Gasteiger partial charge on any atom is -0.394 e. The molecule has 0 amide bonds. The molecule has 0 aliphatic rings. The van der Waals surface area contributed by atoms with Gasteiger partial charge in [-0.25, -0.2) is 0 Å². The molecule has 0 rings (SSSR count). The van der Waals surface area contributed by atoms with Crippen LogP contribution in [0.4, 0.5) is 0 Å². The first-order chi connectivity index (χ1) is 4.20. The van der Waals surface area contributed by atoms with Gasteiger partial charge in [0.15, 0.2) is 6.29 Å². The van der Waals surface area contributed by atoms with E-state index in [1.165, 1.54) is 0 Å². The third-order valence-corrected chi connectivity index (χ3v) is 1.01. The standard InChI is InChI=1S/C6H14O3/c1-5(4-7)9-6(2)8-3/h5-7H,4H2,1-3H3/t5-,6?/m0/s1. The molecule has 1 unspecified atom stereocenters. The van der Waals surface area contributed by atoms with Crippen LogP contribution in [0.15, 0.2) is 0 Å². The summed E-state index contributed by atoms with van der Waals surface area (Å²) in [5, 5.41) is 8.50. The zero-order chi connectivity index (χ0) is 7.28. The summed E-state index contributed by atoms with van der Waals surface area (Å²) in [6.45, 7) is 3.61.